The molecule has 0 radical (unpaired) electrons. The van der Waals surface area contributed by atoms with E-state index < -0.39 is 5.82 Å². The van der Waals surface area contributed by atoms with E-state index in [9.17, 15) is 4.39 Å². The van der Waals surface area contributed by atoms with Crippen LogP contribution in [0.2, 0.25) is 0 Å². The second-order valence-corrected chi connectivity index (χ2v) is 4.50. The first-order valence-electron chi connectivity index (χ1n) is 5.16. The molecule has 18 heavy (non-hydrogen) atoms. The third-order valence-electron chi connectivity index (χ3n) is 2.33. The first-order valence-corrected chi connectivity index (χ1v) is 5.96. The zero-order valence-corrected chi connectivity index (χ0v) is 11.2. The minimum Gasteiger partial charge on any atom is -0.494 e. The summed E-state index contributed by atoms with van der Waals surface area (Å²) in [6, 6.07) is 9.49. The van der Waals surface area contributed by atoms with E-state index in [1.807, 2.05) is 0 Å². The van der Waals surface area contributed by atoms with Gasteiger partial charge in [0.25, 0.3) is 0 Å². The molecular formula is C13H11BrFNO2. The number of nitrogen functional groups attached to an aromatic ring is 1. The first kappa shape index (κ1) is 12.7. The van der Waals surface area contributed by atoms with Crippen LogP contribution in [0.25, 0.3) is 0 Å². The zero-order chi connectivity index (χ0) is 13.1. The summed E-state index contributed by atoms with van der Waals surface area (Å²) >= 11 is 3.18. The number of ether oxygens (including phenoxy) is 2. The summed E-state index contributed by atoms with van der Waals surface area (Å²) in [5.41, 5.74) is 6.18. The molecule has 0 bridgehead atoms. The Kier molecular flexibility index (Phi) is 3.72. The van der Waals surface area contributed by atoms with Crippen LogP contribution in [0, 0.1) is 5.82 Å². The van der Waals surface area contributed by atoms with Gasteiger partial charge in [-0.15, -0.1) is 0 Å². The molecule has 0 aliphatic rings. The molecule has 0 aliphatic carbocycles. The Bertz CT molecular complexity index is 575. The predicted molar refractivity (Wildman–Crippen MR) is 71.6 cm³/mol. The van der Waals surface area contributed by atoms with Crippen molar-refractivity contribution in [2.45, 2.75) is 0 Å². The predicted octanol–water partition coefficient (Wildman–Crippen LogP) is 3.97. The summed E-state index contributed by atoms with van der Waals surface area (Å²) in [7, 11) is 1.51. The van der Waals surface area contributed by atoms with E-state index in [4.69, 9.17) is 15.2 Å². The Morgan fingerprint density at radius 3 is 2.56 bits per heavy atom. The van der Waals surface area contributed by atoms with Crippen molar-refractivity contribution < 1.29 is 13.9 Å². The fraction of sp³-hybridized carbons (Fsp3) is 0.0769. The van der Waals surface area contributed by atoms with Crippen molar-refractivity contribution >= 4 is 21.6 Å². The van der Waals surface area contributed by atoms with Crippen molar-refractivity contribution in [1.29, 1.82) is 0 Å². The highest BCUT2D eigenvalue weighted by molar-refractivity contribution is 9.10. The molecule has 0 aromatic heterocycles. The van der Waals surface area contributed by atoms with E-state index in [1.54, 1.807) is 30.3 Å². The molecule has 0 unspecified atom stereocenters. The van der Waals surface area contributed by atoms with Gasteiger partial charge in [-0.1, -0.05) is 15.9 Å². The molecule has 0 aliphatic heterocycles. The van der Waals surface area contributed by atoms with Crippen LogP contribution in [0.4, 0.5) is 10.1 Å². The number of methoxy groups -OCH3 is 1. The Morgan fingerprint density at radius 1 is 1.11 bits per heavy atom. The molecular weight excluding hydrogens is 301 g/mol. The van der Waals surface area contributed by atoms with Crippen LogP contribution in [-0.4, -0.2) is 7.11 Å². The van der Waals surface area contributed by atoms with E-state index in [-0.39, 0.29) is 5.75 Å². The average Bonchev–Trinajstić information content (AvgIpc) is 2.35. The molecule has 0 amide bonds. The lowest BCUT2D eigenvalue weighted by Gasteiger charge is -2.09. The van der Waals surface area contributed by atoms with Gasteiger partial charge in [0, 0.05) is 10.5 Å². The average molecular weight is 312 g/mol. The van der Waals surface area contributed by atoms with Gasteiger partial charge in [0.15, 0.2) is 11.6 Å². The van der Waals surface area contributed by atoms with Crippen molar-refractivity contribution in [3.05, 3.63) is 46.7 Å². The number of hydrogen-bond donors (Lipinski definition) is 1. The van der Waals surface area contributed by atoms with Gasteiger partial charge in [-0.05, 0) is 30.3 Å². The van der Waals surface area contributed by atoms with Gasteiger partial charge in [0.1, 0.15) is 11.5 Å². The van der Waals surface area contributed by atoms with E-state index in [0.717, 1.165) is 0 Å². The third kappa shape index (κ3) is 2.73. The van der Waals surface area contributed by atoms with Crippen LogP contribution >= 0.6 is 15.9 Å². The number of rotatable bonds is 3. The maximum absolute atomic E-state index is 13.6. The normalized spacial score (nSPS) is 10.2. The Labute approximate surface area is 112 Å². The highest BCUT2D eigenvalue weighted by Crippen LogP contribution is 2.31. The van der Waals surface area contributed by atoms with Gasteiger partial charge in [-0.3, -0.25) is 0 Å². The van der Waals surface area contributed by atoms with E-state index in [0.29, 0.717) is 21.7 Å². The molecule has 0 fully saturated rings. The van der Waals surface area contributed by atoms with Crippen LogP contribution < -0.4 is 15.2 Å². The third-order valence-corrected chi connectivity index (χ3v) is 2.82. The van der Waals surface area contributed by atoms with Crippen LogP contribution in [0.5, 0.6) is 17.2 Å². The van der Waals surface area contributed by atoms with Gasteiger partial charge in [0.2, 0.25) is 0 Å². The lowest BCUT2D eigenvalue weighted by Crippen LogP contribution is -1.94. The Hall–Kier alpha value is -1.75. The summed E-state index contributed by atoms with van der Waals surface area (Å²) in [6.45, 7) is 0. The molecule has 0 saturated carbocycles. The molecule has 2 rings (SSSR count). The maximum Gasteiger partial charge on any atom is 0.166 e. The Morgan fingerprint density at radius 2 is 1.89 bits per heavy atom. The molecule has 94 valence electrons. The standard InChI is InChI=1S/C13H11BrFNO2/c1-17-13-7-9(3-4-11(13)16)18-12-5-2-8(14)6-10(12)15/h2-7H,16H2,1H3. The molecule has 2 aromatic carbocycles. The summed E-state index contributed by atoms with van der Waals surface area (Å²) in [6.07, 6.45) is 0. The van der Waals surface area contributed by atoms with Crippen molar-refractivity contribution in [1.82, 2.24) is 0 Å². The van der Waals surface area contributed by atoms with Gasteiger partial charge in [0.05, 0.1) is 12.8 Å². The number of benzene rings is 2. The molecule has 0 atom stereocenters. The highest BCUT2D eigenvalue weighted by atomic mass is 79.9. The SMILES string of the molecule is COc1cc(Oc2ccc(Br)cc2F)ccc1N. The van der Waals surface area contributed by atoms with E-state index in [1.165, 1.54) is 13.2 Å². The molecule has 2 aromatic rings. The van der Waals surface area contributed by atoms with Crippen molar-refractivity contribution in [2.75, 3.05) is 12.8 Å². The van der Waals surface area contributed by atoms with Crippen LogP contribution in [0.1, 0.15) is 0 Å². The first-order chi connectivity index (χ1) is 8.60. The quantitative estimate of drug-likeness (QED) is 0.872. The fourth-order valence-corrected chi connectivity index (χ4v) is 1.77. The molecule has 0 heterocycles. The smallest absolute Gasteiger partial charge is 0.166 e. The minimum absolute atomic E-state index is 0.144. The van der Waals surface area contributed by atoms with Crippen LogP contribution in [0.3, 0.4) is 0 Å². The van der Waals surface area contributed by atoms with E-state index >= 15 is 0 Å². The molecule has 5 heteroatoms. The zero-order valence-electron chi connectivity index (χ0n) is 9.61. The molecule has 2 N–H and O–H groups in total. The summed E-state index contributed by atoms with van der Waals surface area (Å²) in [5, 5.41) is 0. The topological polar surface area (TPSA) is 44.5 Å². The Balaban J connectivity index is 2.28. The highest BCUT2D eigenvalue weighted by Gasteiger charge is 2.07. The number of hydrogen-bond acceptors (Lipinski definition) is 3. The lowest BCUT2D eigenvalue weighted by atomic mass is 10.2. The monoisotopic (exact) mass is 311 g/mol. The van der Waals surface area contributed by atoms with Gasteiger partial charge >= 0.3 is 0 Å². The second-order valence-electron chi connectivity index (χ2n) is 3.58. The van der Waals surface area contributed by atoms with Crippen LogP contribution in [-0.2, 0) is 0 Å². The van der Waals surface area contributed by atoms with Crippen molar-refractivity contribution in [3.63, 3.8) is 0 Å². The summed E-state index contributed by atoms with van der Waals surface area (Å²) < 4.78 is 24.7. The summed E-state index contributed by atoms with van der Waals surface area (Å²) in [4.78, 5) is 0. The van der Waals surface area contributed by atoms with E-state index in [2.05, 4.69) is 15.9 Å². The molecule has 0 spiro atoms. The molecule has 3 nitrogen and oxygen atoms in total. The molecule has 0 saturated heterocycles. The van der Waals surface area contributed by atoms with Crippen molar-refractivity contribution in [2.24, 2.45) is 0 Å². The fourth-order valence-electron chi connectivity index (χ4n) is 1.44. The number of anilines is 1. The van der Waals surface area contributed by atoms with Crippen LogP contribution in [0.15, 0.2) is 40.9 Å². The van der Waals surface area contributed by atoms with Gasteiger partial charge < -0.3 is 15.2 Å². The summed E-state index contributed by atoms with van der Waals surface area (Å²) in [5.74, 6) is 0.650. The largest absolute Gasteiger partial charge is 0.494 e. The van der Waals surface area contributed by atoms with Crippen molar-refractivity contribution in [3.8, 4) is 17.2 Å². The maximum atomic E-state index is 13.6. The van der Waals surface area contributed by atoms with Gasteiger partial charge in [-0.25, -0.2) is 4.39 Å². The lowest BCUT2D eigenvalue weighted by molar-refractivity contribution is 0.407. The second kappa shape index (κ2) is 5.27. The number of halogens is 2. The number of nitrogens with two attached hydrogens (primary N) is 1. The minimum atomic E-state index is -0.444. The van der Waals surface area contributed by atoms with Gasteiger partial charge in [-0.2, -0.15) is 0 Å².